The van der Waals surface area contributed by atoms with Crippen molar-refractivity contribution in [1.82, 2.24) is 15.5 Å². The lowest BCUT2D eigenvalue weighted by Gasteiger charge is -2.04. The Hall–Kier alpha value is -1.26. The van der Waals surface area contributed by atoms with E-state index in [1.54, 1.807) is 11.3 Å². The zero-order valence-electron chi connectivity index (χ0n) is 11.1. The van der Waals surface area contributed by atoms with Crippen LogP contribution in [0.25, 0.3) is 10.6 Å². The first-order chi connectivity index (χ1) is 8.70. The Labute approximate surface area is 112 Å². The van der Waals surface area contributed by atoms with Gasteiger partial charge in [-0.25, -0.2) is 0 Å². The number of nitrogens with zero attached hydrogens (tertiary/aromatic N) is 2. The number of nitrogens with one attached hydrogen (secondary N) is 1. The summed E-state index contributed by atoms with van der Waals surface area (Å²) in [4.78, 5) is 0. The number of hydrogen-bond acceptors (Lipinski definition) is 4. The van der Waals surface area contributed by atoms with E-state index < -0.39 is 0 Å². The predicted molar refractivity (Wildman–Crippen MR) is 76.8 cm³/mol. The normalized spacial score (nSPS) is 11.1. The van der Waals surface area contributed by atoms with Crippen LogP contribution in [-0.4, -0.2) is 16.7 Å². The fraction of sp³-hybridized carbons (Fsp3) is 0.429. The van der Waals surface area contributed by atoms with E-state index in [9.17, 15) is 0 Å². The van der Waals surface area contributed by atoms with Gasteiger partial charge in [-0.05, 0) is 18.0 Å². The molecule has 18 heavy (non-hydrogen) atoms. The van der Waals surface area contributed by atoms with Gasteiger partial charge in [0.2, 0.25) is 0 Å². The van der Waals surface area contributed by atoms with Gasteiger partial charge in [0.25, 0.3) is 0 Å². The van der Waals surface area contributed by atoms with Crippen LogP contribution in [0.3, 0.4) is 0 Å². The van der Waals surface area contributed by atoms with Crippen LogP contribution in [0.15, 0.2) is 24.3 Å². The largest absolute Gasteiger partial charge is 0.311 e. The lowest BCUT2D eigenvalue weighted by Crippen LogP contribution is -2.11. The van der Waals surface area contributed by atoms with Crippen LogP contribution in [-0.2, 0) is 6.54 Å². The second-order valence-electron chi connectivity index (χ2n) is 4.56. The molecule has 1 aromatic heterocycles. The topological polar surface area (TPSA) is 37.8 Å². The minimum Gasteiger partial charge on any atom is -0.311 e. The molecule has 0 unspecified atom stereocenters. The number of aromatic nitrogens is 2. The molecule has 3 nitrogen and oxygen atoms in total. The zero-order chi connectivity index (χ0) is 13.0. The first-order valence-electron chi connectivity index (χ1n) is 6.34. The molecule has 1 aromatic carbocycles. The molecule has 0 radical (unpaired) electrons. The van der Waals surface area contributed by atoms with Crippen LogP contribution in [0.2, 0.25) is 0 Å². The minimum absolute atomic E-state index is 0.567. The lowest BCUT2D eigenvalue weighted by atomic mass is 10.0. The predicted octanol–water partition coefficient (Wildman–Crippen LogP) is 3.44. The highest BCUT2D eigenvalue weighted by Gasteiger charge is 2.06. The summed E-state index contributed by atoms with van der Waals surface area (Å²) in [5.41, 5.74) is 2.51. The van der Waals surface area contributed by atoms with E-state index in [-0.39, 0.29) is 0 Å². The van der Waals surface area contributed by atoms with E-state index in [1.165, 1.54) is 5.56 Å². The first kappa shape index (κ1) is 13.2. The molecule has 0 atom stereocenters. The van der Waals surface area contributed by atoms with Crippen LogP contribution >= 0.6 is 11.3 Å². The summed E-state index contributed by atoms with van der Waals surface area (Å²) < 4.78 is 0. The molecule has 0 bridgehead atoms. The summed E-state index contributed by atoms with van der Waals surface area (Å²) in [6.07, 6.45) is 0. The summed E-state index contributed by atoms with van der Waals surface area (Å²) in [5.74, 6) is 0.567. The van der Waals surface area contributed by atoms with Crippen LogP contribution < -0.4 is 5.32 Å². The Kier molecular flexibility index (Phi) is 4.44. The molecule has 96 valence electrons. The Morgan fingerprint density at radius 1 is 1.17 bits per heavy atom. The monoisotopic (exact) mass is 261 g/mol. The number of benzene rings is 1. The molecule has 2 rings (SSSR count). The standard InChI is InChI=1S/C14H19N3S/c1-4-15-9-13-16-17-14(18-13)12-7-5-11(6-8-12)10(2)3/h5-8,10,15H,4,9H2,1-3H3. The second kappa shape index (κ2) is 6.07. The minimum atomic E-state index is 0.567. The van der Waals surface area contributed by atoms with Gasteiger partial charge in [-0.1, -0.05) is 56.4 Å². The summed E-state index contributed by atoms with van der Waals surface area (Å²) in [7, 11) is 0. The third-order valence-corrected chi connectivity index (χ3v) is 3.79. The van der Waals surface area contributed by atoms with E-state index in [1.807, 2.05) is 0 Å². The van der Waals surface area contributed by atoms with Crippen molar-refractivity contribution in [2.24, 2.45) is 0 Å². The van der Waals surface area contributed by atoms with Crippen molar-refractivity contribution < 1.29 is 0 Å². The fourth-order valence-corrected chi connectivity index (χ4v) is 2.50. The average molecular weight is 261 g/mol. The van der Waals surface area contributed by atoms with Gasteiger partial charge in [-0.15, -0.1) is 10.2 Å². The maximum atomic E-state index is 4.24. The van der Waals surface area contributed by atoms with Crippen molar-refractivity contribution in [1.29, 1.82) is 0 Å². The van der Waals surface area contributed by atoms with Crippen molar-refractivity contribution in [3.8, 4) is 10.6 Å². The lowest BCUT2D eigenvalue weighted by molar-refractivity contribution is 0.715. The molecule has 0 aliphatic carbocycles. The van der Waals surface area contributed by atoms with Gasteiger partial charge in [-0.2, -0.15) is 0 Å². The van der Waals surface area contributed by atoms with Gasteiger partial charge < -0.3 is 5.32 Å². The highest BCUT2D eigenvalue weighted by Crippen LogP contribution is 2.25. The van der Waals surface area contributed by atoms with Gasteiger partial charge in [0.15, 0.2) is 0 Å². The summed E-state index contributed by atoms with van der Waals surface area (Å²) >= 11 is 1.66. The summed E-state index contributed by atoms with van der Waals surface area (Å²) in [6.45, 7) is 8.26. The van der Waals surface area contributed by atoms with Gasteiger partial charge in [-0.3, -0.25) is 0 Å². The molecular weight excluding hydrogens is 242 g/mol. The molecule has 4 heteroatoms. The van der Waals surface area contributed by atoms with Crippen LogP contribution in [0.4, 0.5) is 0 Å². The van der Waals surface area contributed by atoms with E-state index in [0.717, 1.165) is 28.7 Å². The number of hydrogen-bond donors (Lipinski definition) is 1. The smallest absolute Gasteiger partial charge is 0.147 e. The Balaban J connectivity index is 2.13. The maximum absolute atomic E-state index is 4.24. The number of rotatable bonds is 5. The molecule has 2 aromatic rings. The highest BCUT2D eigenvalue weighted by molar-refractivity contribution is 7.14. The highest BCUT2D eigenvalue weighted by atomic mass is 32.1. The van der Waals surface area contributed by atoms with Gasteiger partial charge in [0.05, 0.1) is 0 Å². The molecule has 0 saturated heterocycles. The zero-order valence-corrected chi connectivity index (χ0v) is 11.9. The Morgan fingerprint density at radius 2 is 1.89 bits per heavy atom. The third kappa shape index (κ3) is 3.15. The molecular formula is C14H19N3S. The second-order valence-corrected chi connectivity index (χ2v) is 5.62. The van der Waals surface area contributed by atoms with Crippen LogP contribution in [0, 0.1) is 0 Å². The van der Waals surface area contributed by atoms with Gasteiger partial charge in [0.1, 0.15) is 10.0 Å². The van der Waals surface area contributed by atoms with Gasteiger partial charge >= 0.3 is 0 Å². The van der Waals surface area contributed by atoms with E-state index in [0.29, 0.717) is 5.92 Å². The molecule has 0 fully saturated rings. The van der Waals surface area contributed by atoms with Crippen LogP contribution in [0.1, 0.15) is 37.3 Å². The van der Waals surface area contributed by atoms with Crippen molar-refractivity contribution in [3.63, 3.8) is 0 Å². The SMILES string of the molecule is CCNCc1nnc(-c2ccc(C(C)C)cc2)s1. The molecule has 0 aliphatic rings. The average Bonchev–Trinajstić information content (AvgIpc) is 2.85. The quantitative estimate of drug-likeness (QED) is 0.896. The van der Waals surface area contributed by atoms with Crippen molar-refractivity contribution in [2.45, 2.75) is 33.2 Å². The van der Waals surface area contributed by atoms with Crippen LogP contribution in [0.5, 0.6) is 0 Å². The van der Waals surface area contributed by atoms with E-state index >= 15 is 0 Å². The molecule has 1 heterocycles. The third-order valence-electron chi connectivity index (χ3n) is 2.82. The summed E-state index contributed by atoms with van der Waals surface area (Å²) in [6, 6.07) is 8.61. The Bertz CT molecular complexity index is 488. The molecule has 0 spiro atoms. The molecule has 0 aliphatic heterocycles. The van der Waals surface area contributed by atoms with Crippen molar-refractivity contribution in [2.75, 3.05) is 6.54 Å². The van der Waals surface area contributed by atoms with Crippen molar-refractivity contribution >= 4 is 11.3 Å². The fourth-order valence-electron chi connectivity index (χ4n) is 1.68. The van der Waals surface area contributed by atoms with Gasteiger partial charge in [0, 0.05) is 12.1 Å². The van der Waals surface area contributed by atoms with Crippen molar-refractivity contribution in [3.05, 3.63) is 34.8 Å². The first-order valence-corrected chi connectivity index (χ1v) is 7.15. The summed E-state index contributed by atoms with van der Waals surface area (Å²) in [5, 5.41) is 13.7. The molecule has 1 N–H and O–H groups in total. The van der Waals surface area contributed by atoms with E-state index in [2.05, 4.69) is 60.6 Å². The Morgan fingerprint density at radius 3 is 2.50 bits per heavy atom. The molecule has 0 saturated carbocycles. The maximum Gasteiger partial charge on any atom is 0.147 e. The molecule has 0 amide bonds. The van der Waals surface area contributed by atoms with E-state index in [4.69, 9.17) is 0 Å².